The number of amides is 1. The maximum atomic E-state index is 12.3. The van der Waals surface area contributed by atoms with E-state index >= 15 is 0 Å². The smallest absolute Gasteiger partial charge is 0.235 e. The monoisotopic (exact) mass is 427 g/mol. The molecule has 1 amide bonds. The number of hydrogen-bond donors (Lipinski definition) is 2. The van der Waals surface area contributed by atoms with Crippen molar-refractivity contribution in [1.82, 2.24) is 9.55 Å². The number of rotatable bonds is 8. The molecule has 0 spiro atoms. The van der Waals surface area contributed by atoms with Crippen LogP contribution >= 0.6 is 11.8 Å². The summed E-state index contributed by atoms with van der Waals surface area (Å²) < 4.78 is 12.5. The van der Waals surface area contributed by atoms with Crippen LogP contribution in [0.2, 0.25) is 0 Å². The molecule has 2 heterocycles. The van der Waals surface area contributed by atoms with Crippen LogP contribution in [0.15, 0.2) is 47.6 Å². The molecule has 0 saturated heterocycles. The number of thioether (sulfide) groups is 1. The predicted molar refractivity (Wildman–Crippen MR) is 118 cm³/mol. The number of carbonyl (C=O) groups excluding carboxylic acids is 1. The maximum absolute atomic E-state index is 12.3. The highest BCUT2D eigenvalue weighted by Crippen LogP contribution is 2.36. The van der Waals surface area contributed by atoms with Crippen molar-refractivity contribution in [3.8, 4) is 17.4 Å². The van der Waals surface area contributed by atoms with Crippen LogP contribution in [0.5, 0.6) is 17.4 Å². The van der Waals surface area contributed by atoms with Gasteiger partial charge in [-0.3, -0.25) is 4.79 Å². The number of ether oxygens (including phenoxy) is 2. The van der Waals surface area contributed by atoms with Crippen molar-refractivity contribution in [3.05, 3.63) is 59.3 Å². The van der Waals surface area contributed by atoms with Crippen LogP contribution < -0.4 is 14.8 Å². The summed E-state index contributed by atoms with van der Waals surface area (Å²) in [7, 11) is 3.18. The van der Waals surface area contributed by atoms with Crippen molar-refractivity contribution in [2.24, 2.45) is 0 Å². The summed E-state index contributed by atoms with van der Waals surface area (Å²) in [5.41, 5.74) is 2.68. The number of methoxy groups -OCH3 is 2. The molecule has 30 heavy (non-hydrogen) atoms. The van der Waals surface area contributed by atoms with E-state index in [1.807, 2.05) is 42.7 Å². The molecule has 3 aromatic rings. The number of benzene rings is 1. The zero-order valence-corrected chi connectivity index (χ0v) is 18.2. The quantitative estimate of drug-likeness (QED) is 0.529. The average Bonchev–Trinajstić information content (AvgIpc) is 2.96. The third-order valence-electron chi connectivity index (χ3n) is 4.78. The van der Waals surface area contributed by atoms with E-state index in [9.17, 15) is 9.90 Å². The van der Waals surface area contributed by atoms with E-state index in [-0.39, 0.29) is 17.5 Å². The first-order valence-electron chi connectivity index (χ1n) is 9.37. The van der Waals surface area contributed by atoms with Gasteiger partial charge in [0.1, 0.15) is 5.82 Å². The Hall–Kier alpha value is -3.13. The first kappa shape index (κ1) is 21.6. The second kappa shape index (κ2) is 9.58. The second-order valence-electron chi connectivity index (χ2n) is 6.71. The van der Waals surface area contributed by atoms with Crippen molar-refractivity contribution in [2.75, 3.05) is 25.3 Å². The largest absolute Gasteiger partial charge is 0.494 e. The van der Waals surface area contributed by atoms with Crippen molar-refractivity contribution in [1.29, 1.82) is 0 Å². The first-order valence-corrected chi connectivity index (χ1v) is 10.4. The Morgan fingerprint density at radius 3 is 2.57 bits per heavy atom. The molecule has 2 N–H and O–H groups in total. The summed E-state index contributed by atoms with van der Waals surface area (Å²) in [4.78, 5) is 16.4. The van der Waals surface area contributed by atoms with Gasteiger partial charge in [0.15, 0.2) is 17.4 Å². The number of aromatic nitrogens is 2. The Kier molecular flexibility index (Phi) is 6.89. The van der Waals surface area contributed by atoms with Crippen LogP contribution in [0.4, 0.5) is 5.82 Å². The maximum Gasteiger partial charge on any atom is 0.235 e. The number of anilines is 1. The fourth-order valence-electron chi connectivity index (χ4n) is 3.07. The van der Waals surface area contributed by atoms with Gasteiger partial charge in [0, 0.05) is 11.8 Å². The van der Waals surface area contributed by atoms with Crippen LogP contribution in [0, 0.1) is 13.8 Å². The molecule has 0 radical (unpaired) electrons. The second-order valence-corrected chi connectivity index (χ2v) is 7.67. The molecule has 8 heteroatoms. The number of hydrogen-bond acceptors (Lipinski definition) is 6. The Bertz CT molecular complexity index is 1030. The van der Waals surface area contributed by atoms with Gasteiger partial charge in [-0.1, -0.05) is 23.9 Å². The normalized spacial score (nSPS) is 10.7. The van der Waals surface area contributed by atoms with E-state index in [0.717, 1.165) is 21.7 Å². The number of nitrogens with zero attached hydrogens (tertiary/aromatic N) is 2. The lowest BCUT2D eigenvalue weighted by Gasteiger charge is -2.13. The van der Waals surface area contributed by atoms with Crippen LogP contribution in [0.25, 0.3) is 0 Å². The molecule has 3 rings (SSSR count). The molecule has 0 aliphatic rings. The molecule has 0 aliphatic heterocycles. The zero-order chi connectivity index (χ0) is 21.7. The molecule has 2 aromatic heterocycles. The predicted octanol–water partition coefficient (Wildman–Crippen LogP) is 4.00. The van der Waals surface area contributed by atoms with E-state index in [1.165, 1.54) is 11.8 Å². The fourth-order valence-corrected chi connectivity index (χ4v) is 4.09. The average molecular weight is 428 g/mol. The SMILES string of the molecule is COc1ccc(Cn2c(O)c(C)c(C)c2SCC(=O)Nc2ccccn2)cc1OC. The lowest BCUT2D eigenvalue weighted by atomic mass is 10.2. The van der Waals surface area contributed by atoms with E-state index in [1.54, 1.807) is 32.5 Å². The molecular weight excluding hydrogens is 402 g/mol. The van der Waals surface area contributed by atoms with Gasteiger partial charge in [-0.25, -0.2) is 4.98 Å². The van der Waals surface area contributed by atoms with Gasteiger partial charge in [0.25, 0.3) is 0 Å². The summed E-state index contributed by atoms with van der Waals surface area (Å²) in [6.45, 7) is 4.25. The third kappa shape index (κ3) is 4.71. The van der Waals surface area contributed by atoms with Crippen LogP contribution in [0.3, 0.4) is 0 Å². The highest BCUT2D eigenvalue weighted by atomic mass is 32.2. The highest BCUT2D eigenvalue weighted by molar-refractivity contribution is 8.00. The minimum atomic E-state index is -0.158. The third-order valence-corrected chi connectivity index (χ3v) is 5.99. The Balaban J connectivity index is 1.79. The lowest BCUT2D eigenvalue weighted by Crippen LogP contribution is -2.15. The van der Waals surface area contributed by atoms with Gasteiger partial charge in [0.05, 0.1) is 31.5 Å². The van der Waals surface area contributed by atoms with Gasteiger partial charge in [-0.15, -0.1) is 0 Å². The number of pyridine rings is 1. The Morgan fingerprint density at radius 1 is 1.13 bits per heavy atom. The van der Waals surface area contributed by atoms with Crippen molar-refractivity contribution < 1.29 is 19.4 Å². The standard InChI is InChI=1S/C22H25N3O4S/c1-14-15(2)22(30-13-20(26)24-19-7-5-6-10-23-19)25(21(14)27)12-16-8-9-17(28-3)18(11-16)29-4/h5-11,27H,12-13H2,1-4H3,(H,23,24,26). The van der Waals surface area contributed by atoms with Gasteiger partial charge < -0.3 is 24.5 Å². The van der Waals surface area contributed by atoms with Crippen molar-refractivity contribution in [2.45, 2.75) is 25.4 Å². The number of nitrogens with one attached hydrogen (secondary N) is 1. The van der Waals surface area contributed by atoms with E-state index in [2.05, 4.69) is 10.3 Å². The summed E-state index contributed by atoms with van der Waals surface area (Å²) in [6.07, 6.45) is 1.63. The van der Waals surface area contributed by atoms with Gasteiger partial charge >= 0.3 is 0 Å². The van der Waals surface area contributed by atoms with Gasteiger partial charge in [-0.05, 0) is 49.2 Å². The molecule has 0 saturated carbocycles. The zero-order valence-electron chi connectivity index (χ0n) is 17.4. The molecule has 1 aromatic carbocycles. The molecule has 0 unspecified atom stereocenters. The Labute approximate surface area is 180 Å². The molecule has 0 fully saturated rings. The lowest BCUT2D eigenvalue weighted by molar-refractivity contribution is -0.113. The minimum Gasteiger partial charge on any atom is -0.494 e. The molecule has 7 nitrogen and oxygen atoms in total. The summed E-state index contributed by atoms with van der Waals surface area (Å²) in [5.74, 6) is 2.01. The van der Waals surface area contributed by atoms with Crippen molar-refractivity contribution >= 4 is 23.5 Å². The minimum absolute atomic E-state index is 0.158. The summed E-state index contributed by atoms with van der Waals surface area (Å²) in [6, 6.07) is 11.0. The Morgan fingerprint density at radius 2 is 1.90 bits per heavy atom. The van der Waals surface area contributed by atoms with Crippen LogP contribution in [-0.4, -0.2) is 40.5 Å². The van der Waals surface area contributed by atoms with Crippen LogP contribution in [-0.2, 0) is 11.3 Å². The summed E-state index contributed by atoms with van der Waals surface area (Å²) >= 11 is 1.38. The molecule has 0 bridgehead atoms. The molecule has 0 atom stereocenters. The van der Waals surface area contributed by atoms with Crippen LogP contribution in [0.1, 0.15) is 16.7 Å². The highest BCUT2D eigenvalue weighted by Gasteiger charge is 2.19. The topological polar surface area (TPSA) is 85.6 Å². The molecule has 158 valence electrons. The van der Waals surface area contributed by atoms with Crippen molar-refractivity contribution in [3.63, 3.8) is 0 Å². The molecule has 0 aliphatic carbocycles. The van der Waals surface area contributed by atoms with E-state index in [4.69, 9.17) is 9.47 Å². The van der Waals surface area contributed by atoms with Gasteiger partial charge in [-0.2, -0.15) is 0 Å². The van der Waals surface area contributed by atoms with E-state index < -0.39 is 0 Å². The number of carbonyl (C=O) groups is 1. The number of aromatic hydroxyl groups is 1. The fraction of sp³-hybridized carbons (Fsp3) is 0.273. The summed E-state index contributed by atoms with van der Waals surface area (Å²) in [5, 5.41) is 14.3. The molecular formula is C22H25N3O4S. The first-order chi connectivity index (χ1) is 14.4. The van der Waals surface area contributed by atoms with Gasteiger partial charge in [0.2, 0.25) is 5.91 Å². The van der Waals surface area contributed by atoms with E-state index in [0.29, 0.717) is 23.9 Å².